The second-order valence-electron chi connectivity index (χ2n) is 5.05. The summed E-state index contributed by atoms with van der Waals surface area (Å²) < 4.78 is 5.88. The van der Waals surface area contributed by atoms with E-state index in [4.69, 9.17) is 9.84 Å². The zero-order valence-corrected chi connectivity index (χ0v) is 14.2. The minimum atomic E-state index is -1.13. The lowest BCUT2D eigenvalue weighted by atomic mass is 10.3. The number of nitrogens with zero attached hydrogens (tertiary/aromatic N) is 2. The molecular formula is C16H14N4O4S. The third-order valence-electron chi connectivity index (χ3n) is 3.37. The highest BCUT2D eigenvalue weighted by atomic mass is 32.2. The van der Waals surface area contributed by atoms with Crippen LogP contribution in [0.4, 0.5) is 10.5 Å². The van der Waals surface area contributed by atoms with Crippen molar-refractivity contribution in [2.24, 2.45) is 0 Å². The fourth-order valence-corrected chi connectivity index (χ4v) is 2.79. The normalized spacial score (nSPS) is 10.6. The number of anilines is 1. The van der Waals surface area contributed by atoms with Crippen LogP contribution in [0.25, 0.3) is 11.2 Å². The lowest BCUT2D eigenvalue weighted by molar-refractivity contribution is 0.209. The van der Waals surface area contributed by atoms with Crippen molar-refractivity contribution in [3.8, 4) is 11.5 Å². The number of carboxylic acid groups (broad SMARTS) is 1. The Kier molecular flexibility index (Phi) is 4.57. The van der Waals surface area contributed by atoms with Crippen LogP contribution in [-0.2, 0) is 0 Å². The molecule has 0 unspecified atom stereocenters. The average molecular weight is 358 g/mol. The maximum absolute atomic E-state index is 11.7. The molecule has 0 saturated heterocycles. The van der Waals surface area contributed by atoms with Gasteiger partial charge in [0.1, 0.15) is 17.0 Å². The number of ether oxygens (including phenoxy) is 1. The number of carbonyl (C=O) groups is 1. The zero-order valence-electron chi connectivity index (χ0n) is 13.4. The molecular weight excluding hydrogens is 344 g/mol. The van der Waals surface area contributed by atoms with Gasteiger partial charge in [0.25, 0.3) is 5.56 Å². The van der Waals surface area contributed by atoms with Crippen LogP contribution in [-0.4, -0.2) is 32.4 Å². The van der Waals surface area contributed by atoms with Crippen molar-refractivity contribution < 1.29 is 14.6 Å². The summed E-state index contributed by atoms with van der Waals surface area (Å²) in [5.74, 6) is 0.953. The minimum Gasteiger partial charge on any atom is -0.465 e. The Morgan fingerprint density at radius 2 is 2.16 bits per heavy atom. The summed E-state index contributed by atoms with van der Waals surface area (Å²) in [6.45, 7) is 1.60. The van der Waals surface area contributed by atoms with Gasteiger partial charge in [-0.3, -0.25) is 10.1 Å². The van der Waals surface area contributed by atoms with Crippen molar-refractivity contribution in [3.63, 3.8) is 0 Å². The number of thioether (sulfide) groups is 1. The highest BCUT2D eigenvalue weighted by molar-refractivity contribution is 7.98. The van der Waals surface area contributed by atoms with E-state index in [9.17, 15) is 9.59 Å². The zero-order chi connectivity index (χ0) is 18.0. The molecule has 9 heteroatoms. The summed E-state index contributed by atoms with van der Waals surface area (Å²) in [4.78, 5) is 34.2. The standard InChI is InChI=1S/C16H14N4O4S/c1-8-15(21)20-14-13(18-8)11(5-6-17-14)24-9-3-4-10(19-16(22)23)12(7-9)25-2/h3-7,19H,1-2H3,(H,22,23)(H,17,20,21). The lowest BCUT2D eigenvalue weighted by Crippen LogP contribution is -2.12. The van der Waals surface area contributed by atoms with Crippen LogP contribution in [0.1, 0.15) is 5.69 Å². The molecule has 128 valence electrons. The van der Waals surface area contributed by atoms with Gasteiger partial charge in [-0.25, -0.2) is 14.8 Å². The number of hydrogen-bond acceptors (Lipinski definition) is 6. The second kappa shape index (κ2) is 6.81. The Bertz CT molecular complexity index is 1020. The quantitative estimate of drug-likeness (QED) is 0.613. The third-order valence-corrected chi connectivity index (χ3v) is 4.15. The second-order valence-corrected chi connectivity index (χ2v) is 5.90. The smallest absolute Gasteiger partial charge is 0.409 e. The number of aromatic nitrogens is 3. The summed E-state index contributed by atoms with van der Waals surface area (Å²) in [6, 6.07) is 6.64. The molecule has 3 N–H and O–H groups in total. The third kappa shape index (κ3) is 3.56. The predicted molar refractivity (Wildman–Crippen MR) is 94.8 cm³/mol. The number of aryl methyl sites for hydroxylation is 1. The van der Waals surface area contributed by atoms with Crippen molar-refractivity contribution >= 4 is 34.7 Å². The van der Waals surface area contributed by atoms with Crippen molar-refractivity contribution in [3.05, 3.63) is 46.5 Å². The summed E-state index contributed by atoms with van der Waals surface area (Å²) >= 11 is 1.39. The number of pyridine rings is 1. The number of hydrogen-bond donors (Lipinski definition) is 3. The molecule has 0 aliphatic carbocycles. The molecule has 3 rings (SSSR count). The van der Waals surface area contributed by atoms with Gasteiger partial charge in [0.15, 0.2) is 11.4 Å². The summed E-state index contributed by atoms with van der Waals surface area (Å²) in [5.41, 5.74) is 1.27. The van der Waals surface area contributed by atoms with Crippen LogP contribution in [0.3, 0.4) is 0 Å². The van der Waals surface area contributed by atoms with Crippen LogP contribution < -0.4 is 15.6 Å². The summed E-state index contributed by atoms with van der Waals surface area (Å²) in [7, 11) is 0. The highest BCUT2D eigenvalue weighted by Gasteiger charge is 2.11. The molecule has 0 spiro atoms. The number of H-pyrrole nitrogens is 1. The summed E-state index contributed by atoms with van der Waals surface area (Å²) in [5, 5.41) is 11.2. The van der Waals surface area contributed by atoms with E-state index in [-0.39, 0.29) is 5.56 Å². The van der Waals surface area contributed by atoms with Gasteiger partial charge in [-0.1, -0.05) is 0 Å². The molecule has 3 aromatic rings. The maximum Gasteiger partial charge on any atom is 0.409 e. The van der Waals surface area contributed by atoms with Crippen LogP contribution in [0, 0.1) is 6.92 Å². The Morgan fingerprint density at radius 1 is 1.36 bits per heavy atom. The molecule has 2 heterocycles. The number of benzene rings is 1. The van der Waals surface area contributed by atoms with Crippen LogP contribution in [0.5, 0.6) is 11.5 Å². The molecule has 0 saturated carbocycles. The van der Waals surface area contributed by atoms with Crippen molar-refractivity contribution in [1.29, 1.82) is 0 Å². The molecule has 1 amide bonds. The first kappa shape index (κ1) is 16.8. The summed E-state index contributed by atoms with van der Waals surface area (Å²) in [6.07, 6.45) is 2.22. The SMILES string of the molecule is CSc1cc(Oc2ccnc3[nH]c(=O)c(C)nc23)ccc1NC(=O)O. The number of fused-ring (bicyclic) bond motifs is 1. The molecule has 0 atom stereocenters. The fourth-order valence-electron chi connectivity index (χ4n) is 2.22. The average Bonchev–Trinajstić information content (AvgIpc) is 2.57. The molecule has 0 aliphatic rings. The number of amides is 1. The fraction of sp³-hybridized carbons (Fsp3) is 0.125. The first-order valence-corrected chi connectivity index (χ1v) is 8.42. The lowest BCUT2D eigenvalue weighted by Gasteiger charge is -2.11. The monoisotopic (exact) mass is 358 g/mol. The van der Waals surface area contributed by atoms with E-state index in [1.807, 2.05) is 6.26 Å². The van der Waals surface area contributed by atoms with E-state index >= 15 is 0 Å². The molecule has 1 aromatic carbocycles. The predicted octanol–water partition coefficient (Wildman–Crippen LogP) is 3.23. The Labute approximate surface area is 146 Å². The Hall–Kier alpha value is -3.07. The van der Waals surface area contributed by atoms with Crippen LogP contribution in [0.2, 0.25) is 0 Å². The largest absolute Gasteiger partial charge is 0.465 e. The van der Waals surface area contributed by atoms with Gasteiger partial charge in [0.2, 0.25) is 0 Å². The number of aromatic amines is 1. The van der Waals surface area contributed by atoms with Crippen LogP contribution >= 0.6 is 11.8 Å². The molecule has 2 aromatic heterocycles. The molecule has 25 heavy (non-hydrogen) atoms. The van der Waals surface area contributed by atoms with Crippen LogP contribution in [0.15, 0.2) is 40.2 Å². The van der Waals surface area contributed by atoms with E-state index < -0.39 is 6.09 Å². The molecule has 0 aliphatic heterocycles. The molecule has 8 nitrogen and oxygen atoms in total. The van der Waals surface area contributed by atoms with E-state index in [2.05, 4.69) is 20.3 Å². The highest BCUT2D eigenvalue weighted by Crippen LogP contribution is 2.33. The Morgan fingerprint density at radius 3 is 2.88 bits per heavy atom. The molecule has 0 fully saturated rings. The van der Waals surface area contributed by atoms with Crippen molar-refractivity contribution in [2.45, 2.75) is 11.8 Å². The van der Waals surface area contributed by atoms with Gasteiger partial charge >= 0.3 is 6.09 Å². The number of nitrogens with one attached hydrogen (secondary N) is 2. The first-order valence-electron chi connectivity index (χ1n) is 7.19. The van der Waals surface area contributed by atoms with Crippen molar-refractivity contribution in [1.82, 2.24) is 15.0 Å². The minimum absolute atomic E-state index is 0.300. The van der Waals surface area contributed by atoms with Gasteiger partial charge in [-0.15, -0.1) is 11.8 Å². The van der Waals surface area contributed by atoms with Gasteiger partial charge in [0.05, 0.1) is 5.69 Å². The van der Waals surface area contributed by atoms with E-state index in [0.717, 1.165) is 4.90 Å². The first-order chi connectivity index (χ1) is 12.0. The van der Waals surface area contributed by atoms with Crippen molar-refractivity contribution in [2.75, 3.05) is 11.6 Å². The maximum atomic E-state index is 11.7. The van der Waals surface area contributed by atoms with Gasteiger partial charge in [-0.05, 0) is 31.4 Å². The topological polar surface area (TPSA) is 117 Å². The van der Waals surface area contributed by atoms with E-state index in [1.54, 1.807) is 31.2 Å². The van der Waals surface area contributed by atoms with Gasteiger partial charge in [0, 0.05) is 17.2 Å². The Balaban J connectivity index is 2.00. The molecule has 0 radical (unpaired) electrons. The van der Waals surface area contributed by atoms with E-state index in [1.165, 1.54) is 18.0 Å². The van der Waals surface area contributed by atoms with Gasteiger partial charge in [-0.2, -0.15) is 0 Å². The van der Waals surface area contributed by atoms with Gasteiger partial charge < -0.3 is 14.8 Å². The number of rotatable bonds is 4. The van der Waals surface area contributed by atoms with E-state index in [0.29, 0.717) is 34.0 Å². The molecule has 0 bridgehead atoms.